The van der Waals surface area contributed by atoms with Crippen molar-refractivity contribution in [3.8, 4) is 0 Å². The van der Waals surface area contributed by atoms with Crippen molar-refractivity contribution in [2.75, 3.05) is 18.9 Å². The molecule has 2 unspecified atom stereocenters. The van der Waals surface area contributed by atoms with Gasteiger partial charge >= 0.3 is 12.1 Å². The molecule has 120 valence electrons. The van der Waals surface area contributed by atoms with Crippen molar-refractivity contribution < 1.29 is 24.2 Å². The maximum Gasteiger partial charge on any atom is 0.410 e. The van der Waals surface area contributed by atoms with Crippen LogP contribution in [0.4, 0.5) is 4.79 Å². The number of hydrogen-bond donors (Lipinski definition) is 2. The van der Waals surface area contributed by atoms with E-state index in [0.717, 1.165) is 18.6 Å². The molecule has 0 saturated carbocycles. The monoisotopic (exact) mass is 318 g/mol. The molecule has 2 N–H and O–H groups in total. The number of aliphatic carboxylic acids is 1. The van der Waals surface area contributed by atoms with Crippen LogP contribution in [0.15, 0.2) is 0 Å². The van der Waals surface area contributed by atoms with Crippen molar-refractivity contribution in [2.24, 2.45) is 0 Å². The van der Waals surface area contributed by atoms with Crippen LogP contribution >= 0.6 is 11.8 Å². The van der Waals surface area contributed by atoms with E-state index in [0.29, 0.717) is 25.9 Å². The molecule has 0 aromatic carbocycles. The second-order valence-corrected chi connectivity index (χ2v) is 6.12. The lowest BCUT2D eigenvalue weighted by Gasteiger charge is -2.35. The molecule has 0 aromatic rings. The van der Waals surface area contributed by atoms with Crippen molar-refractivity contribution in [1.29, 1.82) is 0 Å². The summed E-state index contributed by atoms with van der Waals surface area (Å²) in [5.74, 6) is -0.310. The number of nitrogens with zero attached hydrogens (tertiary/aromatic N) is 1. The van der Waals surface area contributed by atoms with E-state index >= 15 is 0 Å². The fourth-order valence-electron chi connectivity index (χ4n) is 2.13. The van der Waals surface area contributed by atoms with Gasteiger partial charge in [0.2, 0.25) is 6.41 Å². The lowest BCUT2D eigenvalue weighted by molar-refractivity contribution is -0.138. The summed E-state index contributed by atoms with van der Waals surface area (Å²) in [6, 6.07) is -0.228. The lowest BCUT2D eigenvalue weighted by atomic mass is 10.1. The van der Waals surface area contributed by atoms with Crippen LogP contribution in [0, 0.1) is 0 Å². The summed E-state index contributed by atoms with van der Waals surface area (Å²) in [5, 5.41) is 11.6. The second-order valence-electron chi connectivity index (χ2n) is 4.81. The minimum Gasteiger partial charge on any atom is -0.480 e. The molecular formula is C13H22N2O5S. The van der Waals surface area contributed by atoms with Gasteiger partial charge in [-0.25, -0.2) is 4.79 Å². The van der Waals surface area contributed by atoms with Crippen molar-refractivity contribution in [3.63, 3.8) is 0 Å². The minimum atomic E-state index is -1.07. The Kier molecular flexibility index (Phi) is 7.96. The Morgan fingerprint density at radius 1 is 1.52 bits per heavy atom. The number of hydrogen-bond acceptors (Lipinski definition) is 5. The summed E-state index contributed by atoms with van der Waals surface area (Å²) >= 11 is 1.59. The molecule has 7 nitrogen and oxygen atoms in total. The van der Waals surface area contributed by atoms with Gasteiger partial charge in [0.1, 0.15) is 6.54 Å². The second kappa shape index (κ2) is 9.49. The minimum absolute atomic E-state index is 0.0963. The quantitative estimate of drug-likeness (QED) is 0.517. The molecule has 1 rings (SSSR count). The van der Waals surface area contributed by atoms with Gasteiger partial charge in [0.05, 0.1) is 12.0 Å². The third-order valence-electron chi connectivity index (χ3n) is 3.21. The van der Waals surface area contributed by atoms with Gasteiger partial charge in [-0.3, -0.25) is 14.5 Å². The SMILES string of the molecule is CCCCOC(=O)N(CC(=O)O)C1CCSC(NC=O)C1. The van der Waals surface area contributed by atoms with Gasteiger partial charge in [-0.05, 0) is 25.0 Å². The van der Waals surface area contributed by atoms with E-state index in [2.05, 4.69) is 5.32 Å². The molecular weight excluding hydrogens is 296 g/mol. The summed E-state index contributed by atoms with van der Waals surface area (Å²) in [4.78, 5) is 34.8. The van der Waals surface area contributed by atoms with E-state index in [1.807, 2.05) is 6.92 Å². The van der Waals surface area contributed by atoms with Crippen molar-refractivity contribution in [2.45, 2.75) is 44.0 Å². The highest BCUT2D eigenvalue weighted by molar-refractivity contribution is 7.99. The third-order valence-corrected chi connectivity index (χ3v) is 4.42. The standard InChI is InChI=1S/C13H22N2O5S/c1-2-3-5-20-13(19)15(8-12(17)18)10-4-6-21-11(7-10)14-9-16/h9-11H,2-8H2,1H3,(H,14,16)(H,17,18). The van der Waals surface area contributed by atoms with Crippen LogP contribution in [0.5, 0.6) is 0 Å². The number of ether oxygens (including phenoxy) is 1. The molecule has 8 heteroatoms. The number of nitrogens with one attached hydrogen (secondary N) is 1. The Bertz CT molecular complexity index is 366. The number of carbonyl (C=O) groups is 3. The number of carbonyl (C=O) groups excluding carboxylic acids is 2. The number of rotatable bonds is 8. The van der Waals surface area contributed by atoms with Crippen LogP contribution in [0.1, 0.15) is 32.6 Å². The van der Waals surface area contributed by atoms with Gasteiger partial charge < -0.3 is 15.2 Å². The Balaban J connectivity index is 2.64. The predicted octanol–water partition coefficient (Wildman–Crippen LogP) is 1.28. The molecule has 1 heterocycles. The zero-order valence-electron chi connectivity index (χ0n) is 12.1. The summed E-state index contributed by atoms with van der Waals surface area (Å²) in [6.07, 6.45) is 2.91. The zero-order valence-corrected chi connectivity index (χ0v) is 12.9. The van der Waals surface area contributed by atoms with Crippen molar-refractivity contribution in [3.05, 3.63) is 0 Å². The fraction of sp³-hybridized carbons (Fsp3) is 0.769. The van der Waals surface area contributed by atoms with E-state index in [9.17, 15) is 14.4 Å². The molecule has 1 saturated heterocycles. The highest BCUT2D eigenvalue weighted by Crippen LogP contribution is 2.27. The molecule has 21 heavy (non-hydrogen) atoms. The maximum atomic E-state index is 12.1. The van der Waals surface area contributed by atoms with Gasteiger partial charge in [-0.1, -0.05) is 13.3 Å². The molecule has 2 amide bonds. The van der Waals surface area contributed by atoms with Crippen LogP contribution in [-0.4, -0.2) is 58.8 Å². The summed E-state index contributed by atoms with van der Waals surface area (Å²) in [5.41, 5.74) is 0. The Morgan fingerprint density at radius 3 is 2.90 bits per heavy atom. The molecule has 0 spiro atoms. The van der Waals surface area contributed by atoms with E-state index in [1.54, 1.807) is 11.8 Å². The van der Waals surface area contributed by atoms with E-state index < -0.39 is 12.1 Å². The van der Waals surface area contributed by atoms with E-state index in [4.69, 9.17) is 9.84 Å². The van der Waals surface area contributed by atoms with E-state index in [-0.39, 0.29) is 18.0 Å². The number of unbranched alkanes of at least 4 members (excludes halogenated alkanes) is 1. The fourth-order valence-corrected chi connectivity index (χ4v) is 3.33. The smallest absolute Gasteiger partial charge is 0.410 e. The van der Waals surface area contributed by atoms with Gasteiger partial charge in [0.25, 0.3) is 0 Å². The molecule has 0 aliphatic carbocycles. The van der Waals surface area contributed by atoms with Gasteiger partial charge in [-0.15, -0.1) is 11.8 Å². The first-order valence-corrected chi connectivity index (χ1v) is 8.09. The van der Waals surface area contributed by atoms with Crippen LogP contribution < -0.4 is 5.32 Å². The average molecular weight is 318 g/mol. The topological polar surface area (TPSA) is 95.9 Å². The van der Waals surface area contributed by atoms with Crippen LogP contribution in [0.3, 0.4) is 0 Å². The number of amides is 2. The molecule has 0 radical (unpaired) electrons. The molecule has 1 aliphatic heterocycles. The van der Waals surface area contributed by atoms with Crippen molar-refractivity contribution >= 4 is 30.2 Å². The number of thioether (sulfide) groups is 1. The van der Waals surface area contributed by atoms with Crippen molar-refractivity contribution in [1.82, 2.24) is 10.2 Å². The molecule has 0 bridgehead atoms. The average Bonchev–Trinajstić information content (AvgIpc) is 2.45. The van der Waals surface area contributed by atoms with Crippen LogP contribution in [0.25, 0.3) is 0 Å². The predicted molar refractivity (Wildman–Crippen MR) is 79.1 cm³/mol. The summed E-state index contributed by atoms with van der Waals surface area (Å²) < 4.78 is 5.12. The molecule has 1 fully saturated rings. The van der Waals surface area contributed by atoms with Gasteiger partial charge in [0, 0.05) is 6.04 Å². The number of carboxylic acids is 1. The third kappa shape index (κ3) is 6.24. The Hall–Kier alpha value is -1.44. The van der Waals surface area contributed by atoms with Crippen LogP contribution in [-0.2, 0) is 14.3 Å². The van der Waals surface area contributed by atoms with Crippen LogP contribution in [0.2, 0.25) is 0 Å². The zero-order chi connectivity index (χ0) is 15.7. The first-order valence-electron chi connectivity index (χ1n) is 7.05. The first-order chi connectivity index (χ1) is 10.1. The Morgan fingerprint density at radius 2 is 2.29 bits per heavy atom. The Labute approximate surface area is 128 Å². The molecule has 0 aromatic heterocycles. The van der Waals surface area contributed by atoms with E-state index in [1.165, 1.54) is 4.90 Å². The summed E-state index contributed by atoms with van der Waals surface area (Å²) in [6.45, 7) is 1.90. The molecule has 1 aliphatic rings. The number of carboxylic acid groups (broad SMARTS) is 1. The molecule has 2 atom stereocenters. The lowest BCUT2D eigenvalue weighted by Crippen LogP contribution is -2.48. The van der Waals surface area contributed by atoms with Gasteiger partial charge in [0.15, 0.2) is 0 Å². The summed E-state index contributed by atoms with van der Waals surface area (Å²) in [7, 11) is 0. The maximum absolute atomic E-state index is 12.1. The largest absolute Gasteiger partial charge is 0.480 e. The normalized spacial score (nSPS) is 21.4. The highest BCUT2D eigenvalue weighted by Gasteiger charge is 2.32. The van der Waals surface area contributed by atoms with Gasteiger partial charge in [-0.2, -0.15) is 0 Å². The first kappa shape index (κ1) is 17.6. The highest BCUT2D eigenvalue weighted by atomic mass is 32.2.